The number of ether oxygens (including phenoxy) is 1. The Balaban J connectivity index is 1.74. The lowest BCUT2D eigenvalue weighted by Gasteiger charge is -2.08. The molecule has 6 heteroatoms. The van der Waals surface area contributed by atoms with Crippen molar-refractivity contribution in [2.24, 2.45) is 5.92 Å². The van der Waals surface area contributed by atoms with Crippen LogP contribution in [0.15, 0.2) is 63.8 Å². The van der Waals surface area contributed by atoms with Crippen LogP contribution in [0.25, 0.3) is 17.0 Å². The molecule has 0 saturated carbocycles. The molecule has 154 valence electrons. The van der Waals surface area contributed by atoms with Gasteiger partial charge >= 0.3 is 11.6 Å². The van der Waals surface area contributed by atoms with Crippen LogP contribution in [0, 0.1) is 12.8 Å². The summed E-state index contributed by atoms with van der Waals surface area (Å²) >= 11 is 0. The minimum absolute atomic E-state index is 0.0612. The number of amides is 1. The first-order chi connectivity index (χ1) is 14.3. The average molecular weight is 405 g/mol. The predicted molar refractivity (Wildman–Crippen MR) is 116 cm³/mol. The summed E-state index contributed by atoms with van der Waals surface area (Å²) < 4.78 is 10.5. The lowest BCUT2D eigenvalue weighted by molar-refractivity contribution is -0.128. The first-order valence-corrected chi connectivity index (χ1v) is 9.64. The third-order valence-electron chi connectivity index (χ3n) is 4.33. The molecule has 1 aromatic heterocycles. The largest absolute Gasteiger partial charge is 0.423 e. The van der Waals surface area contributed by atoms with Gasteiger partial charge in [-0.15, -0.1) is 0 Å². The first-order valence-electron chi connectivity index (χ1n) is 9.64. The molecule has 6 nitrogen and oxygen atoms in total. The molecule has 0 bridgehead atoms. The van der Waals surface area contributed by atoms with Crippen molar-refractivity contribution >= 4 is 28.9 Å². The Morgan fingerprint density at radius 1 is 1.10 bits per heavy atom. The van der Waals surface area contributed by atoms with Gasteiger partial charge in [-0.1, -0.05) is 43.7 Å². The van der Waals surface area contributed by atoms with Crippen molar-refractivity contribution in [1.82, 2.24) is 5.32 Å². The number of benzene rings is 2. The van der Waals surface area contributed by atoms with Crippen LogP contribution >= 0.6 is 0 Å². The van der Waals surface area contributed by atoms with E-state index < -0.39 is 17.5 Å². The standard InChI is InChI=1S/C24H23NO5/c1-15(2)14-25-23(27)20-12-18-9-10-19(13-21(18)30-24(20)28)29-22(26)11-8-17-6-4-16(3)5-7-17/h4-13,15H,14H2,1-3H3,(H,25,27)/b11-8+. The molecule has 3 aromatic rings. The highest BCUT2D eigenvalue weighted by Gasteiger charge is 2.14. The number of aryl methyl sites for hydroxylation is 1. The molecule has 0 aliphatic carbocycles. The number of hydrogen-bond acceptors (Lipinski definition) is 5. The minimum Gasteiger partial charge on any atom is -0.423 e. The van der Waals surface area contributed by atoms with E-state index in [9.17, 15) is 14.4 Å². The van der Waals surface area contributed by atoms with Crippen LogP contribution in [0.2, 0.25) is 0 Å². The molecule has 1 N–H and O–H groups in total. The van der Waals surface area contributed by atoms with Gasteiger partial charge in [-0.2, -0.15) is 0 Å². The Morgan fingerprint density at radius 2 is 1.83 bits per heavy atom. The second-order valence-corrected chi connectivity index (χ2v) is 7.42. The van der Waals surface area contributed by atoms with E-state index in [2.05, 4.69) is 5.32 Å². The summed E-state index contributed by atoms with van der Waals surface area (Å²) in [5, 5.41) is 3.25. The molecule has 0 aliphatic heterocycles. The number of esters is 1. The van der Waals surface area contributed by atoms with Crippen LogP contribution in [0.5, 0.6) is 5.75 Å². The molecule has 2 aromatic carbocycles. The van der Waals surface area contributed by atoms with Crippen LogP contribution in [-0.2, 0) is 4.79 Å². The second kappa shape index (κ2) is 9.22. The Bertz CT molecular complexity index is 1160. The van der Waals surface area contributed by atoms with E-state index in [1.165, 1.54) is 18.2 Å². The summed E-state index contributed by atoms with van der Waals surface area (Å²) in [7, 11) is 0. The van der Waals surface area contributed by atoms with Crippen LogP contribution < -0.4 is 15.7 Å². The van der Waals surface area contributed by atoms with Gasteiger partial charge in [0.25, 0.3) is 5.91 Å². The quantitative estimate of drug-likeness (QED) is 0.289. The highest BCUT2D eigenvalue weighted by molar-refractivity contribution is 5.97. The van der Waals surface area contributed by atoms with Crippen molar-refractivity contribution < 1.29 is 18.7 Å². The molecule has 1 amide bonds. The Kier molecular flexibility index (Phi) is 6.47. The number of fused-ring (bicyclic) bond motifs is 1. The maximum absolute atomic E-state index is 12.2. The monoisotopic (exact) mass is 405 g/mol. The highest BCUT2D eigenvalue weighted by atomic mass is 16.5. The SMILES string of the molecule is Cc1ccc(/C=C/C(=O)Oc2ccc3cc(C(=O)NCC(C)C)c(=O)oc3c2)cc1. The van der Waals surface area contributed by atoms with E-state index in [0.717, 1.165) is 11.1 Å². The number of rotatable bonds is 6. The van der Waals surface area contributed by atoms with Crippen LogP contribution in [0.3, 0.4) is 0 Å². The zero-order chi connectivity index (χ0) is 21.7. The molecule has 0 atom stereocenters. The van der Waals surface area contributed by atoms with Crippen molar-refractivity contribution in [2.75, 3.05) is 6.54 Å². The summed E-state index contributed by atoms with van der Waals surface area (Å²) in [6.07, 6.45) is 2.98. The fourth-order valence-corrected chi connectivity index (χ4v) is 2.70. The van der Waals surface area contributed by atoms with Gasteiger partial charge in [0.05, 0.1) is 0 Å². The van der Waals surface area contributed by atoms with Crippen LogP contribution in [0.4, 0.5) is 0 Å². The van der Waals surface area contributed by atoms with E-state index in [1.54, 1.807) is 18.2 Å². The summed E-state index contributed by atoms with van der Waals surface area (Å²) in [6, 6.07) is 13.8. The van der Waals surface area contributed by atoms with Gasteiger partial charge in [0.2, 0.25) is 0 Å². The van der Waals surface area contributed by atoms with Crippen molar-refractivity contribution in [1.29, 1.82) is 0 Å². The third-order valence-corrected chi connectivity index (χ3v) is 4.33. The Labute approximate surface area is 174 Å². The van der Waals surface area contributed by atoms with Gasteiger partial charge < -0.3 is 14.5 Å². The molecule has 3 rings (SSSR count). The van der Waals surface area contributed by atoms with E-state index in [4.69, 9.17) is 9.15 Å². The molecule has 30 heavy (non-hydrogen) atoms. The normalized spacial score (nSPS) is 11.2. The second-order valence-electron chi connectivity index (χ2n) is 7.42. The van der Waals surface area contributed by atoms with Crippen LogP contribution in [0.1, 0.15) is 35.3 Å². The topological polar surface area (TPSA) is 85.6 Å². The summed E-state index contributed by atoms with van der Waals surface area (Å²) in [5.41, 5.74) is 1.44. The maximum Gasteiger partial charge on any atom is 0.349 e. The van der Waals surface area contributed by atoms with Crippen molar-refractivity contribution in [3.8, 4) is 5.75 Å². The van der Waals surface area contributed by atoms with Gasteiger partial charge in [-0.25, -0.2) is 9.59 Å². The number of nitrogens with one attached hydrogen (secondary N) is 1. The summed E-state index contributed by atoms with van der Waals surface area (Å²) in [5.74, 6) is -0.530. The third kappa shape index (κ3) is 5.44. The fraction of sp³-hybridized carbons (Fsp3) is 0.208. The van der Waals surface area contributed by atoms with Crippen molar-refractivity contribution in [2.45, 2.75) is 20.8 Å². The highest BCUT2D eigenvalue weighted by Crippen LogP contribution is 2.21. The van der Waals surface area contributed by atoms with Gasteiger partial charge in [-0.05, 0) is 42.7 Å². The molecule has 0 unspecified atom stereocenters. The van der Waals surface area contributed by atoms with Crippen molar-refractivity contribution in [3.63, 3.8) is 0 Å². The van der Waals surface area contributed by atoms with Gasteiger partial charge in [0.1, 0.15) is 16.9 Å². The number of hydrogen-bond donors (Lipinski definition) is 1. The minimum atomic E-state index is -0.744. The molecule has 0 saturated heterocycles. The number of carbonyl (C=O) groups is 2. The number of carbonyl (C=O) groups excluding carboxylic acids is 2. The lowest BCUT2D eigenvalue weighted by atomic mass is 10.1. The molecule has 0 fully saturated rings. The molecular formula is C24H23NO5. The molecule has 0 spiro atoms. The molecular weight excluding hydrogens is 382 g/mol. The molecule has 0 aliphatic rings. The van der Waals surface area contributed by atoms with Crippen molar-refractivity contribution in [3.05, 3.63) is 81.7 Å². The fourth-order valence-electron chi connectivity index (χ4n) is 2.70. The molecule has 0 radical (unpaired) electrons. The Hall–Kier alpha value is -3.67. The zero-order valence-corrected chi connectivity index (χ0v) is 17.1. The zero-order valence-electron chi connectivity index (χ0n) is 17.1. The van der Waals surface area contributed by atoms with E-state index >= 15 is 0 Å². The first kappa shape index (κ1) is 21.0. The lowest BCUT2D eigenvalue weighted by Crippen LogP contribution is -2.31. The molecule has 1 heterocycles. The van der Waals surface area contributed by atoms with Gasteiger partial charge in [-0.3, -0.25) is 4.79 Å². The smallest absolute Gasteiger partial charge is 0.349 e. The van der Waals surface area contributed by atoms with E-state index in [1.807, 2.05) is 45.0 Å². The van der Waals surface area contributed by atoms with Gasteiger partial charge in [0.15, 0.2) is 0 Å². The summed E-state index contributed by atoms with van der Waals surface area (Å²) in [6.45, 7) is 6.37. The summed E-state index contributed by atoms with van der Waals surface area (Å²) in [4.78, 5) is 36.4. The average Bonchev–Trinajstić information content (AvgIpc) is 2.71. The Morgan fingerprint density at radius 3 is 2.53 bits per heavy atom. The predicted octanol–water partition coefficient (Wildman–Crippen LogP) is 4.11. The van der Waals surface area contributed by atoms with E-state index in [-0.39, 0.29) is 22.8 Å². The maximum atomic E-state index is 12.2. The van der Waals surface area contributed by atoms with Crippen LogP contribution in [-0.4, -0.2) is 18.4 Å². The van der Waals surface area contributed by atoms with Gasteiger partial charge in [0, 0.05) is 24.1 Å². The van der Waals surface area contributed by atoms with E-state index in [0.29, 0.717) is 11.9 Å².